The first-order valence-corrected chi connectivity index (χ1v) is 8.07. The normalized spacial score (nSPS) is 10.6. The molecule has 0 atom stereocenters. The number of nitrogens with zero attached hydrogens (tertiary/aromatic N) is 2. The summed E-state index contributed by atoms with van der Waals surface area (Å²) in [6, 6.07) is 4.36. The minimum atomic E-state index is -0.329. The Morgan fingerprint density at radius 3 is 3.05 bits per heavy atom. The third-order valence-corrected chi connectivity index (χ3v) is 4.22. The zero-order chi connectivity index (χ0) is 15.2. The Balaban J connectivity index is 1.73. The van der Waals surface area contributed by atoms with Crippen LogP contribution in [0.4, 0.5) is 4.39 Å². The monoisotopic (exact) mass is 373 g/mol. The molecule has 1 aromatic heterocycles. The van der Waals surface area contributed by atoms with Crippen LogP contribution < -0.4 is 5.32 Å². The molecule has 0 saturated carbocycles. The Bertz CT molecular complexity index is 636. The van der Waals surface area contributed by atoms with Crippen molar-refractivity contribution in [3.05, 3.63) is 45.8 Å². The molecule has 0 radical (unpaired) electrons. The predicted molar refractivity (Wildman–Crippen MR) is 81.1 cm³/mol. The Morgan fingerprint density at radius 1 is 1.52 bits per heavy atom. The number of rotatable bonds is 6. The van der Waals surface area contributed by atoms with Gasteiger partial charge in [-0.2, -0.15) is 4.98 Å². The third kappa shape index (κ3) is 5.13. The Morgan fingerprint density at radius 2 is 2.33 bits per heavy atom. The molecule has 0 unspecified atom stereocenters. The van der Waals surface area contributed by atoms with Gasteiger partial charge in [0.15, 0.2) is 5.82 Å². The lowest BCUT2D eigenvalue weighted by Gasteiger charge is -2.07. The molecule has 1 aromatic carbocycles. The minimum Gasteiger partial charge on any atom is -0.351 e. The van der Waals surface area contributed by atoms with Gasteiger partial charge < -0.3 is 9.84 Å². The smallest absolute Gasteiger partial charge is 0.230 e. The van der Waals surface area contributed by atoms with Crippen LogP contribution in [0.25, 0.3) is 0 Å². The number of benzene rings is 1. The lowest BCUT2D eigenvalue weighted by molar-refractivity contribution is -0.118. The van der Waals surface area contributed by atoms with E-state index >= 15 is 0 Å². The molecule has 0 aliphatic heterocycles. The number of hydrogen-bond acceptors (Lipinski definition) is 5. The van der Waals surface area contributed by atoms with E-state index in [1.807, 2.05) is 0 Å². The molecule has 5 nitrogen and oxygen atoms in total. The highest BCUT2D eigenvalue weighted by atomic mass is 79.9. The molecular formula is C13H13BrFN3O2S. The molecule has 0 saturated heterocycles. The molecule has 1 N–H and O–H groups in total. The van der Waals surface area contributed by atoms with E-state index < -0.39 is 0 Å². The largest absolute Gasteiger partial charge is 0.351 e. The van der Waals surface area contributed by atoms with E-state index in [1.54, 1.807) is 13.0 Å². The van der Waals surface area contributed by atoms with Gasteiger partial charge in [0.25, 0.3) is 0 Å². The van der Waals surface area contributed by atoms with E-state index in [0.29, 0.717) is 23.0 Å². The number of carbonyl (C=O) groups excluding carboxylic acids is 1. The van der Waals surface area contributed by atoms with Gasteiger partial charge in [0.05, 0.1) is 11.5 Å². The molecule has 21 heavy (non-hydrogen) atoms. The van der Waals surface area contributed by atoms with Crippen LogP contribution in [0, 0.1) is 12.7 Å². The van der Waals surface area contributed by atoms with Crippen LogP contribution >= 0.6 is 27.7 Å². The van der Waals surface area contributed by atoms with Crippen LogP contribution in [0.15, 0.2) is 27.2 Å². The highest BCUT2D eigenvalue weighted by molar-refractivity contribution is 9.10. The van der Waals surface area contributed by atoms with Crippen LogP contribution in [0.5, 0.6) is 0 Å². The number of hydrogen-bond donors (Lipinski definition) is 1. The van der Waals surface area contributed by atoms with Crippen LogP contribution in [0.1, 0.15) is 17.3 Å². The van der Waals surface area contributed by atoms with Crippen molar-refractivity contribution in [2.24, 2.45) is 0 Å². The van der Waals surface area contributed by atoms with E-state index in [4.69, 9.17) is 4.52 Å². The first-order valence-electron chi connectivity index (χ1n) is 6.12. The second-order valence-electron chi connectivity index (χ2n) is 4.23. The molecule has 2 rings (SSSR count). The molecular weight excluding hydrogens is 361 g/mol. The number of thioether (sulfide) groups is 1. The first kappa shape index (κ1) is 16.0. The molecule has 8 heteroatoms. The fourth-order valence-electron chi connectivity index (χ4n) is 1.56. The molecule has 1 amide bonds. The fraction of sp³-hybridized carbons (Fsp3) is 0.308. The Labute approximate surface area is 133 Å². The van der Waals surface area contributed by atoms with Crippen molar-refractivity contribution >= 4 is 33.6 Å². The predicted octanol–water partition coefficient (Wildman–Crippen LogP) is 2.83. The number of halogens is 2. The van der Waals surface area contributed by atoms with Crippen LogP contribution in [0.2, 0.25) is 0 Å². The molecule has 112 valence electrons. The summed E-state index contributed by atoms with van der Waals surface area (Å²) >= 11 is 4.70. The fourth-order valence-corrected chi connectivity index (χ4v) is 2.63. The van der Waals surface area contributed by atoms with Crippen LogP contribution in [-0.4, -0.2) is 21.8 Å². The summed E-state index contributed by atoms with van der Waals surface area (Å²) in [5, 5.41) is 6.48. The lowest BCUT2D eigenvalue weighted by Crippen LogP contribution is -2.24. The second-order valence-corrected chi connectivity index (χ2v) is 6.07. The average molecular weight is 374 g/mol. The number of aromatic nitrogens is 2. The standard InChI is InChI=1S/C13H13BrFN3O2S/c1-8-17-12(18-20-8)6-21-7-13(19)16-5-9-4-10(15)2-3-11(9)14/h2-4H,5-7H2,1H3,(H,16,19). The van der Waals surface area contributed by atoms with Crippen molar-refractivity contribution in [3.63, 3.8) is 0 Å². The van der Waals surface area contributed by atoms with Gasteiger partial charge in [0.2, 0.25) is 11.8 Å². The van der Waals surface area contributed by atoms with Gasteiger partial charge >= 0.3 is 0 Å². The summed E-state index contributed by atoms with van der Waals surface area (Å²) < 4.78 is 18.7. The van der Waals surface area contributed by atoms with E-state index in [2.05, 4.69) is 31.4 Å². The molecule has 0 spiro atoms. The Hall–Kier alpha value is -1.41. The minimum absolute atomic E-state index is 0.128. The van der Waals surface area contributed by atoms with Gasteiger partial charge in [-0.3, -0.25) is 4.79 Å². The summed E-state index contributed by atoms with van der Waals surface area (Å²) in [7, 11) is 0. The summed E-state index contributed by atoms with van der Waals surface area (Å²) in [5.41, 5.74) is 0.696. The topological polar surface area (TPSA) is 68.0 Å². The Kier molecular flexibility index (Phi) is 5.75. The van der Waals surface area contributed by atoms with E-state index in [0.717, 1.165) is 4.47 Å². The zero-order valence-corrected chi connectivity index (χ0v) is 13.6. The third-order valence-electron chi connectivity index (χ3n) is 2.52. The van der Waals surface area contributed by atoms with Gasteiger partial charge in [0.1, 0.15) is 5.82 Å². The lowest BCUT2D eigenvalue weighted by atomic mass is 10.2. The first-order chi connectivity index (χ1) is 10.0. The average Bonchev–Trinajstić information content (AvgIpc) is 2.85. The molecule has 0 aliphatic carbocycles. The van der Waals surface area contributed by atoms with Crippen LogP contribution in [-0.2, 0) is 17.1 Å². The number of carbonyl (C=O) groups is 1. The van der Waals surface area contributed by atoms with Crippen molar-refractivity contribution < 1.29 is 13.7 Å². The number of amides is 1. The second kappa shape index (κ2) is 7.56. The quantitative estimate of drug-likeness (QED) is 0.842. The summed E-state index contributed by atoms with van der Waals surface area (Å²) in [6.45, 7) is 1.99. The maximum atomic E-state index is 13.1. The van der Waals surface area contributed by atoms with Crippen LogP contribution in [0.3, 0.4) is 0 Å². The van der Waals surface area contributed by atoms with E-state index in [1.165, 1.54) is 23.9 Å². The summed E-state index contributed by atoms with van der Waals surface area (Å²) in [4.78, 5) is 15.7. The highest BCUT2D eigenvalue weighted by Crippen LogP contribution is 2.17. The van der Waals surface area contributed by atoms with E-state index in [9.17, 15) is 9.18 Å². The highest BCUT2D eigenvalue weighted by Gasteiger charge is 2.07. The van der Waals surface area contributed by atoms with Gasteiger partial charge in [-0.1, -0.05) is 21.1 Å². The van der Waals surface area contributed by atoms with Crippen molar-refractivity contribution in [2.75, 3.05) is 5.75 Å². The summed E-state index contributed by atoms with van der Waals surface area (Å²) in [6.07, 6.45) is 0. The molecule has 0 fully saturated rings. The zero-order valence-electron chi connectivity index (χ0n) is 11.2. The van der Waals surface area contributed by atoms with Gasteiger partial charge in [-0.25, -0.2) is 4.39 Å². The summed E-state index contributed by atoms with van der Waals surface area (Å²) in [5.74, 6) is 1.40. The molecule has 0 aliphatic rings. The van der Waals surface area contributed by atoms with Crippen molar-refractivity contribution in [2.45, 2.75) is 19.2 Å². The van der Waals surface area contributed by atoms with Crippen molar-refractivity contribution in [1.29, 1.82) is 0 Å². The van der Waals surface area contributed by atoms with Gasteiger partial charge in [0, 0.05) is 17.9 Å². The van der Waals surface area contributed by atoms with Gasteiger partial charge in [-0.15, -0.1) is 11.8 Å². The van der Waals surface area contributed by atoms with E-state index in [-0.39, 0.29) is 24.0 Å². The molecule has 1 heterocycles. The van der Waals surface area contributed by atoms with Gasteiger partial charge in [-0.05, 0) is 23.8 Å². The molecule has 2 aromatic rings. The maximum Gasteiger partial charge on any atom is 0.230 e. The van der Waals surface area contributed by atoms with Crippen molar-refractivity contribution in [1.82, 2.24) is 15.5 Å². The van der Waals surface area contributed by atoms with Crippen molar-refractivity contribution in [3.8, 4) is 0 Å². The SMILES string of the molecule is Cc1nc(CSCC(=O)NCc2cc(F)ccc2Br)no1. The maximum absolute atomic E-state index is 13.1. The molecule has 0 bridgehead atoms. The number of nitrogens with one attached hydrogen (secondary N) is 1. The number of aryl methyl sites for hydroxylation is 1.